The molecule has 6 heteroatoms. The van der Waals surface area contributed by atoms with E-state index in [1.807, 2.05) is 0 Å². The number of hydrogen-bond acceptors (Lipinski definition) is 3. The molecule has 1 atom stereocenters. The van der Waals surface area contributed by atoms with Gasteiger partial charge in [0, 0.05) is 24.7 Å². The number of likely N-dealkylation sites (tertiary alicyclic amines) is 1. The molecule has 4 nitrogen and oxygen atoms in total. The normalized spacial score (nSPS) is 18.9. The molecule has 2 N–H and O–H groups in total. The Morgan fingerprint density at radius 1 is 1.38 bits per heavy atom. The van der Waals surface area contributed by atoms with Gasteiger partial charge in [0.25, 0.3) is 0 Å². The third-order valence-electron chi connectivity index (χ3n) is 3.75. The predicted molar refractivity (Wildman–Crippen MR) is 75.2 cm³/mol. The van der Waals surface area contributed by atoms with Crippen molar-refractivity contribution >= 4 is 5.91 Å². The van der Waals surface area contributed by atoms with Gasteiger partial charge in [-0.05, 0) is 25.3 Å². The summed E-state index contributed by atoms with van der Waals surface area (Å²) in [6.45, 7) is -1.78. The summed E-state index contributed by atoms with van der Waals surface area (Å²) in [4.78, 5) is 14.2. The number of halogens is 2. The zero-order valence-corrected chi connectivity index (χ0v) is 11.8. The first-order valence-corrected chi connectivity index (χ1v) is 7.14. The molecule has 1 aliphatic rings. The number of rotatable bonds is 5. The molecule has 1 aromatic carbocycles. The van der Waals surface area contributed by atoms with Crippen LogP contribution in [0.2, 0.25) is 0 Å². The first-order valence-electron chi connectivity index (χ1n) is 7.14. The third kappa shape index (κ3) is 4.14. The first-order chi connectivity index (χ1) is 10.1. The molecule has 0 saturated carbocycles. The quantitative estimate of drug-likeness (QED) is 0.906. The number of alkyl halides is 2. The second-order valence-electron chi connectivity index (χ2n) is 5.14. The molecule has 0 aliphatic carbocycles. The molecule has 0 aromatic heterocycles. The van der Waals surface area contributed by atoms with Gasteiger partial charge < -0.3 is 15.4 Å². The lowest BCUT2D eigenvalue weighted by Gasteiger charge is -2.35. The molecule has 1 aromatic rings. The molecule has 1 amide bonds. The number of piperidine rings is 1. The van der Waals surface area contributed by atoms with Crippen molar-refractivity contribution < 1.29 is 18.3 Å². The van der Waals surface area contributed by atoms with Crippen LogP contribution < -0.4 is 10.5 Å². The number of nitrogens with zero attached hydrogens (tertiary/aromatic N) is 1. The van der Waals surface area contributed by atoms with Crippen LogP contribution in [0.25, 0.3) is 0 Å². The number of nitrogens with two attached hydrogens (primary N) is 1. The highest BCUT2D eigenvalue weighted by molar-refractivity contribution is 5.80. The minimum Gasteiger partial charge on any atom is -0.435 e. The van der Waals surface area contributed by atoms with Crippen LogP contribution in [0.15, 0.2) is 24.3 Å². The molecule has 1 fully saturated rings. The molecule has 21 heavy (non-hydrogen) atoms. The van der Waals surface area contributed by atoms with Crippen LogP contribution in [0.3, 0.4) is 0 Å². The number of hydrogen-bond donors (Lipinski definition) is 1. The average molecular weight is 298 g/mol. The van der Waals surface area contributed by atoms with Crippen molar-refractivity contribution in [2.75, 3.05) is 13.1 Å². The Morgan fingerprint density at radius 2 is 2.14 bits per heavy atom. The molecular weight excluding hydrogens is 278 g/mol. The van der Waals surface area contributed by atoms with E-state index in [1.54, 1.807) is 23.1 Å². The largest absolute Gasteiger partial charge is 0.435 e. The number of carbonyl (C=O) groups is 1. The standard InChI is InChI=1S/C15H20F2N2O2/c16-15(17)21-13-7-2-1-5-11(13)9-14(20)19-8-4-3-6-12(19)10-18/h1-2,5,7,12,15H,3-4,6,8-10,18H2. The van der Waals surface area contributed by atoms with E-state index in [2.05, 4.69) is 4.74 Å². The minimum absolute atomic E-state index is 0.0504. The fraction of sp³-hybridized carbons (Fsp3) is 0.533. The Kier molecular flexibility index (Phi) is 5.50. The Bertz CT molecular complexity index is 482. The molecule has 1 unspecified atom stereocenters. The van der Waals surface area contributed by atoms with Crippen LogP contribution in [-0.4, -0.2) is 36.5 Å². The second-order valence-corrected chi connectivity index (χ2v) is 5.14. The summed E-state index contributed by atoms with van der Waals surface area (Å²) < 4.78 is 29.2. The molecule has 116 valence electrons. The highest BCUT2D eigenvalue weighted by Gasteiger charge is 2.26. The van der Waals surface area contributed by atoms with E-state index in [4.69, 9.17) is 5.73 Å². The van der Waals surface area contributed by atoms with E-state index in [-0.39, 0.29) is 24.1 Å². The van der Waals surface area contributed by atoms with Crippen molar-refractivity contribution in [1.29, 1.82) is 0 Å². The summed E-state index contributed by atoms with van der Waals surface area (Å²) in [6.07, 6.45) is 2.98. The van der Waals surface area contributed by atoms with Crippen LogP contribution in [-0.2, 0) is 11.2 Å². The Morgan fingerprint density at radius 3 is 2.86 bits per heavy atom. The van der Waals surface area contributed by atoms with Gasteiger partial charge in [-0.15, -0.1) is 0 Å². The highest BCUT2D eigenvalue weighted by atomic mass is 19.3. The van der Waals surface area contributed by atoms with Crippen molar-refractivity contribution in [2.45, 2.75) is 38.3 Å². The van der Waals surface area contributed by atoms with Gasteiger partial charge >= 0.3 is 6.61 Å². The van der Waals surface area contributed by atoms with E-state index >= 15 is 0 Å². The topological polar surface area (TPSA) is 55.6 Å². The number of benzene rings is 1. The fourth-order valence-electron chi connectivity index (χ4n) is 2.70. The van der Waals surface area contributed by atoms with Crippen LogP contribution >= 0.6 is 0 Å². The van der Waals surface area contributed by atoms with E-state index in [1.165, 1.54) is 6.07 Å². The third-order valence-corrected chi connectivity index (χ3v) is 3.75. The maximum atomic E-state index is 12.4. The summed E-state index contributed by atoms with van der Waals surface area (Å²) in [5, 5.41) is 0. The van der Waals surface area contributed by atoms with Crippen LogP contribution in [0, 0.1) is 0 Å². The van der Waals surface area contributed by atoms with Gasteiger partial charge in [-0.2, -0.15) is 8.78 Å². The number of para-hydroxylation sites is 1. The Balaban J connectivity index is 2.08. The van der Waals surface area contributed by atoms with Gasteiger partial charge in [0.2, 0.25) is 5.91 Å². The van der Waals surface area contributed by atoms with Gasteiger partial charge in [0.15, 0.2) is 0 Å². The lowest BCUT2D eigenvalue weighted by atomic mass is 10.0. The summed E-state index contributed by atoms with van der Waals surface area (Å²) in [5.41, 5.74) is 6.18. The van der Waals surface area contributed by atoms with Crippen molar-refractivity contribution in [2.24, 2.45) is 5.73 Å². The van der Waals surface area contributed by atoms with Crippen molar-refractivity contribution in [1.82, 2.24) is 4.90 Å². The van der Waals surface area contributed by atoms with Crippen molar-refractivity contribution in [3.8, 4) is 5.75 Å². The van der Waals surface area contributed by atoms with Crippen molar-refractivity contribution in [3.63, 3.8) is 0 Å². The molecule has 1 saturated heterocycles. The zero-order chi connectivity index (χ0) is 15.2. The van der Waals surface area contributed by atoms with Crippen LogP contribution in [0.5, 0.6) is 5.75 Å². The predicted octanol–water partition coefficient (Wildman–Crippen LogP) is 2.17. The van der Waals surface area contributed by atoms with E-state index in [0.29, 0.717) is 18.7 Å². The highest BCUT2D eigenvalue weighted by Crippen LogP contribution is 2.23. The minimum atomic E-state index is -2.90. The summed E-state index contributed by atoms with van der Waals surface area (Å²) >= 11 is 0. The van der Waals surface area contributed by atoms with Gasteiger partial charge in [0.1, 0.15) is 5.75 Å². The van der Waals surface area contributed by atoms with Crippen molar-refractivity contribution in [3.05, 3.63) is 29.8 Å². The Labute approximate surface area is 122 Å². The summed E-state index contributed by atoms with van der Waals surface area (Å²) in [5.74, 6) is -0.0300. The molecule has 1 aliphatic heterocycles. The number of carbonyl (C=O) groups excluding carboxylic acids is 1. The maximum absolute atomic E-state index is 12.4. The molecule has 0 radical (unpaired) electrons. The van der Waals surface area contributed by atoms with E-state index < -0.39 is 6.61 Å². The monoisotopic (exact) mass is 298 g/mol. The van der Waals surface area contributed by atoms with Gasteiger partial charge in [-0.1, -0.05) is 18.2 Å². The summed E-state index contributed by atoms with van der Waals surface area (Å²) in [7, 11) is 0. The SMILES string of the molecule is NCC1CCCCN1C(=O)Cc1ccccc1OC(F)F. The van der Waals surface area contributed by atoms with E-state index in [9.17, 15) is 13.6 Å². The number of ether oxygens (including phenoxy) is 1. The fourth-order valence-corrected chi connectivity index (χ4v) is 2.70. The second kappa shape index (κ2) is 7.36. The Hall–Kier alpha value is -1.69. The smallest absolute Gasteiger partial charge is 0.387 e. The molecule has 2 rings (SSSR count). The zero-order valence-electron chi connectivity index (χ0n) is 11.8. The number of amides is 1. The molecule has 0 spiro atoms. The van der Waals surface area contributed by atoms with Crippen LogP contribution in [0.4, 0.5) is 8.78 Å². The lowest BCUT2D eigenvalue weighted by Crippen LogP contribution is -2.48. The molecular formula is C15H20F2N2O2. The maximum Gasteiger partial charge on any atom is 0.387 e. The van der Waals surface area contributed by atoms with Gasteiger partial charge in [-0.25, -0.2) is 0 Å². The van der Waals surface area contributed by atoms with Gasteiger partial charge in [0.05, 0.1) is 6.42 Å². The first kappa shape index (κ1) is 15.7. The van der Waals surface area contributed by atoms with Gasteiger partial charge in [-0.3, -0.25) is 4.79 Å². The van der Waals surface area contributed by atoms with Crippen LogP contribution in [0.1, 0.15) is 24.8 Å². The summed E-state index contributed by atoms with van der Waals surface area (Å²) in [6, 6.07) is 6.45. The van der Waals surface area contributed by atoms with E-state index in [0.717, 1.165) is 19.3 Å². The molecule has 0 bridgehead atoms. The lowest BCUT2D eigenvalue weighted by molar-refractivity contribution is -0.134. The average Bonchev–Trinajstić information content (AvgIpc) is 2.48. The molecule has 1 heterocycles.